The van der Waals surface area contributed by atoms with Gasteiger partial charge >= 0.3 is 6.03 Å². The molecule has 154 valence electrons. The Labute approximate surface area is 176 Å². The number of benzene rings is 1. The van der Waals surface area contributed by atoms with Crippen LogP contribution in [0.5, 0.6) is 0 Å². The van der Waals surface area contributed by atoms with Crippen molar-refractivity contribution in [1.82, 2.24) is 35.3 Å². The van der Waals surface area contributed by atoms with E-state index in [1.807, 2.05) is 26.0 Å². The number of aryl methyl sites for hydroxylation is 2. The van der Waals surface area contributed by atoms with Gasteiger partial charge < -0.3 is 5.32 Å². The van der Waals surface area contributed by atoms with E-state index in [0.29, 0.717) is 21.5 Å². The average Bonchev–Trinajstić information content (AvgIpc) is 3.22. The average molecular weight is 425 g/mol. The fourth-order valence-electron chi connectivity index (χ4n) is 3.20. The summed E-state index contributed by atoms with van der Waals surface area (Å²) >= 11 is 1.09. The van der Waals surface area contributed by atoms with Gasteiger partial charge in [-0.2, -0.15) is 9.99 Å². The zero-order valence-electron chi connectivity index (χ0n) is 16.5. The van der Waals surface area contributed by atoms with Gasteiger partial charge in [0.15, 0.2) is 0 Å². The molecule has 1 atom stereocenters. The highest BCUT2D eigenvalue weighted by Gasteiger charge is 2.49. The number of aromatic nitrogens is 4. The van der Waals surface area contributed by atoms with E-state index in [1.165, 1.54) is 0 Å². The van der Waals surface area contributed by atoms with Crippen molar-refractivity contribution < 1.29 is 14.4 Å². The molecule has 3 aromatic rings. The van der Waals surface area contributed by atoms with Gasteiger partial charge in [-0.1, -0.05) is 42.1 Å². The van der Waals surface area contributed by atoms with Gasteiger partial charge in [0.25, 0.3) is 11.7 Å². The molecule has 1 fully saturated rings. The second kappa shape index (κ2) is 7.41. The summed E-state index contributed by atoms with van der Waals surface area (Å²) in [5, 5.41) is 8.03. The lowest BCUT2D eigenvalue weighted by molar-refractivity contribution is -0.138. The highest BCUT2D eigenvalue weighted by Crippen LogP contribution is 2.27. The topological polar surface area (TPSA) is 122 Å². The molecule has 0 bridgehead atoms. The number of carbonyl (C=O) groups is 3. The number of nitrogens with zero attached hydrogens (tertiary/aromatic N) is 5. The summed E-state index contributed by atoms with van der Waals surface area (Å²) in [5.41, 5.74) is 3.44. The van der Waals surface area contributed by atoms with Crippen LogP contribution in [0.25, 0.3) is 5.78 Å². The number of rotatable bonds is 5. The lowest BCUT2D eigenvalue weighted by Gasteiger charge is -2.22. The minimum absolute atomic E-state index is 0.0754. The number of hydrogen-bond acceptors (Lipinski definition) is 7. The molecule has 0 saturated carbocycles. The first-order chi connectivity index (χ1) is 14.3. The SMILES string of the molecule is Cc1cc(C)n2nc(SCC(=O)NN3C(=O)NC(C)(c4ccccc4)C3=O)nc2n1. The predicted molar refractivity (Wildman–Crippen MR) is 108 cm³/mol. The Hall–Kier alpha value is -3.47. The number of nitrogens with one attached hydrogen (secondary N) is 2. The van der Waals surface area contributed by atoms with Crippen LogP contribution in [-0.4, -0.2) is 48.2 Å². The van der Waals surface area contributed by atoms with Crippen LogP contribution in [0.3, 0.4) is 0 Å². The Morgan fingerprint density at radius 1 is 1.20 bits per heavy atom. The fourth-order valence-corrected chi connectivity index (χ4v) is 3.81. The standard InChI is InChI=1S/C19H19N7O3S/c1-11-9-12(2)25-16(20-11)21-17(24-25)30-10-14(27)23-26-15(28)19(3,22-18(26)29)13-7-5-4-6-8-13/h4-9H,10H2,1-3H3,(H,22,29)(H,23,27). The number of hydrazine groups is 1. The number of imide groups is 1. The molecule has 0 spiro atoms. The Kier molecular flexibility index (Phi) is 4.90. The normalized spacial score (nSPS) is 18.7. The molecule has 1 aromatic carbocycles. The zero-order chi connectivity index (χ0) is 21.5. The third-order valence-corrected chi connectivity index (χ3v) is 5.55. The molecule has 11 heteroatoms. The van der Waals surface area contributed by atoms with Gasteiger partial charge in [0, 0.05) is 11.4 Å². The van der Waals surface area contributed by atoms with Gasteiger partial charge in [-0.15, -0.1) is 5.10 Å². The molecule has 1 saturated heterocycles. The van der Waals surface area contributed by atoms with E-state index >= 15 is 0 Å². The first-order valence-electron chi connectivity index (χ1n) is 9.13. The van der Waals surface area contributed by atoms with Crippen LogP contribution in [0, 0.1) is 13.8 Å². The Bertz CT molecular complexity index is 1160. The number of amides is 4. The molecule has 10 nitrogen and oxygen atoms in total. The molecule has 1 aliphatic rings. The fraction of sp³-hybridized carbons (Fsp3) is 0.263. The maximum atomic E-state index is 12.8. The Balaban J connectivity index is 1.42. The lowest BCUT2D eigenvalue weighted by atomic mass is 9.92. The van der Waals surface area contributed by atoms with Crippen molar-refractivity contribution in [3.63, 3.8) is 0 Å². The summed E-state index contributed by atoms with van der Waals surface area (Å²) in [7, 11) is 0. The minimum atomic E-state index is -1.25. The molecule has 2 N–H and O–H groups in total. The molecule has 1 aliphatic heterocycles. The number of carbonyl (C=O) groups excluding carboxylic acids is 3. The summed E-state index contributed by atoms with van der Waals surface area (Å²) in [6.45, 7) is 5.35. The number of thioether (sulfide) groups is 1. The van der Waals surface area contributed by atoms with Crippen LogP contribution in [0.15, 0.2) is 41.6 Å². The summed E-state index contributed by atoms with van der Waals surface area (Å²) in [4.78, 5) is 46.1. The maximum Gasteiger partial charge on any atom is 0.344 e. The first kappa shape index (κ1) is 19.8. The number of urea groups is 1. The van der Waals surface area contributed by atoms with Crippen LogP contribution in [0.1, 0.15) is 23.9 Å². The first-order valence-corrected chi connectivity index (χ1v) is 10.1. The molecular weight excluding hydrogens is 406 g/mol. The van der Waals surface area contributed by atoms with E-state index in [-0.39, 0.29) is 5.75 Å². The van der Waals surface area contributed by atoms with Crippen molar-refractivity contribution in [1.29, 1.82) is 0 Å². The van der Waals surface area contributed by atoms with Crippen LogP contribution in [0.2, 0.25) is 0 Å². The van der Waals surface area contributed by atoms with Gasteiger partial charge in [0.1, 0.15) is 5.54 Å². The maximum absolute atomic E-state index is 12.8. The summed E-state index contributed by atoms with van der Waals surface area (Å²) in [6.07, 6.45) is 0. The van der Waals surface area contributed by atoms with E-state index in [0.717, 1.165) is 23.1 Å². The summed E-state index contributed by atoms with van der Waals surface area (Å²) in [5.74, 6) is -0.713. The monoisotopic (exact) mass is 425 g/mol. The molecule has 30 heavy (non-hydrogen) atoms. The van der Waals surface area contributed by atoms with Crippen molar-refractivity contribution in [2.45, 2.75) is 31.5 Å². The van der Waals surface area contributed by atoms with Crippen molar-refractivity contribution in [2.24, 2.45) is 0 Å². The van der Waals surface area contributed by atoms with Crippen LogP contribution >= 0.6 is 11.8 Å². The van der Waals surface area contributed by atoms with Crippen molar-refractivity contribution >= 4 is 35.4 Å². The highest BCUT2D eigenvalue weighted by atomic mass is 32.2. The van der Waals surface area contributed by atoms with Gasteiger partial charge in [0.05, 0.1) is 5.75 Å². The molecule has 2 aromatic heterocycles. The van der Waals surface area contributed by atoms with E-state index in [9.17, 15) is 14.4 Å². The molecular formula is C19H19N7O3S. The van der Waals surface area contributed by atoms with E-state index in [2.05, 4.69) is 25.8 Å². The minimum Gasteiger partial charge on any atom is -0.318 e. The van der Waals surface area contributed by atoms with Crippen molar-refractivity contribution in [3.05, 3.63) is 53.3 Å². The zero-order valence-corrected chi connectivity index (χ0v) is 17.4. The molecule has 4 rings (SSSR count). The highest BCUT2D eigenvalue weighted by molar-refractivity contribution is 7.99. The number of hydrogen-bond donors (Lipinski definition) is 2. The van der Waals surface area contributed by atoms with Gasteiger partial charge in [-0.05, 0) is 32.4 Å². The van der Waals surface area contributed by atoms with Crippen molar-refractivity contribution in [2.75, 3.05) is 5.75 Å². The van der Waals surface area contributed by atoms with Gasteiger partial charge in [-0.25, -0.2) is 14.3 Å². The predicted octanol–water partition coefficient (Wildman–Crippen LogP) is 1.33. The second-order valence-corrected chi connectivity index (χ2v) is 7.97. The van der Waals surface area contributed by atoms with E-state index in [1.54, 1.807) is 35.7 Å². The quantitative estimate of drug-likeness (QED) is 0.467. The summed E-state index contributed by atoms with van der Waals surface area (Å²) in [6, 6.07) is 10.0. The van der Waals surface area contributed by atoms with Crippen LogP contribution < -0.4 is 10.7 Å². The third-order valence-electron chi connectivity index (χ3n) is 4.71. The van der Waals surface area contributed by atoms with E-state index in [4.69, 9.17) is 0 Å². The van der Waals surface area contributed by atoms with Crippen LogP contribution in [-0.2, 0) is 15.1 Å². The molecule has 4 amide bonds. The molecule has 1 unspecified atom stereocenters. The van der Waals surface area contributed by atoms with Crippen LogP contribution in [0.4, 0.5) is 4.79 Å². The molecule has 3 heterocycles. The van der Waals surface area contributed by atoms with Gasteiger partial charge in [0.2, 0.25) is 11.1 Å². The molecule has 0 aliphatic carbocycles. The van der Waals surface area contributed by atoms with Gasteiger partial charge in [-0.3, -0.25) is 15.0 Å². The largest absolute Gasteiger partial charge is 0.344 e. The molecule has 0 radical (unpaired) electrons. The number of fused-ring (bicyclic) bond motifs is 1. The summed E-state index contributed by atoms with van der Waals surface area (Å²) < 4.78 is 1.59. The van der Waals surface area contributed by atoms with Crippen molar-refractivity contribution in [3.8, 4) is 0 Å². The second-order valence-electron chi connectivity index (χ2n) is 7.03. The Morgan fingerprint density at radius 3 is 2.67 bits per heavy atom. The van der Waals surface area contributed by atoms with E-state index < -0.39 is 23.4 Å². The third kappa shape index (κ3) is 3.47. The Morgan fingerprint density at radius 2 is 1.93 bits per heavy atom. The smallest absolute Gasteiger partial charge is 0.318 e. The lowest BCUT2D eigenvalue weighted by Crippen LogP contribution is -2.48.